The largest absolute Gasteiger partial charge is 0.354 e. The molecule has 7 nitrogen and oxygen atoms in total. The van der Waals surface area contributed by atoms with Gasteiger partial charge in [0.05, 0.1) is 11.0 Å². The second-order valence-corrected chi connectivity index (χ2v) is 8.02. The van der Waals surface area contributed by atoms with Gasteiger partial charge in [-0.15, -0.1) is 0 Å². The lowest BCUT2D eigenvalue weighted by atomic mass is 9.91. The molecule has 160 valence electrons. The van der Waals surface area contributed by atoms with E-state index in [1.165, 1.54) is 5.57 Å². The number of carbonyl (C=O) groups excluding carboxylic acids is 1. The number of pyridine rings is 3. The highest BCUT2D eigenvalue weighted by atomic mass is 16.1. The number of nitrogens with one attached hydrogen (secondary N) is 2. The van der Waals surface area contributed by atoms with Gasteiger partial charge < -0.3 is 10.3 Å². The molecule has 3 aromatic rings. The van der Waals surface area contributed by atoms with Gasteiger partial charge in [0.25, 0.3) is 11.5 Å². The summed E-state index contributed by atoms with van der Waals surface area (Å²) in [6.07, 6.45) is 6.59. The van der Waals surface area contributed by atoms with Gasteiger partial charge in [0.1, 0.15) is 5.69 Å². The van der Waals surface area contributed by atoms with Gasteiger partial charge >= 0.3 is 0 Å². The van der Waals surface area contributed by atoms with Crippen molar-refractivity contribution >= 4 is 22.5 Å². The molecule has 4 rings (SSSR count). The van der Waals surface area contributed by atoms with Gasteiger partial charge in [-0.25, -0.2) is 0 Å². The van der Waals surface area contributed by atoms with Gasteiger partial charge in [0, 0.05) is 44.6 Å². The number of aromatic amines is 1. The maximum atomic E-state index is 12.1. The maximum absolute atomic E-state index is 12.1. The fourth-order valence-electron chi connectivity index (χ4n) is 4.12. The van der Waals surface area contributed by atoms with Gasteiger partial charge in [-0.05, 0) is 47.2 Å². The Hall–Kier alpha value is -3.32. The molecule has 1 amide bonds. The molecule has 2 N–H and O–H groups in total. The zero-order chi connectivity index (χ0) is 22.0. The molecule has 0 aromatic carbocycles. The number of aromatic nitrogens is 3. The number of rotatable bonds is 5. The lowest BCUT2D eigenvalue weighted by Crippen LogP contribution is -2.33. The highest BCUT2D eigenvalue weighted by molar-refractivity contribution is 5.92. The van der Waals surface area contributed by atoms with Crippen molar-refractivity contribution in [3.8, 4) is 0 Å². The molecule has 3 aromatic heterocycles. The molecular weight excluding hydrogens is 390 g/mol. The highest BCUT2D eigenvalue weighted by Gasteiger charge is 2.21. The first-order chi connectivity index (χ1) is 15.0. The minimum absolute atomic E-state index is 0.0378. The van der Waals surface area contributed by atoms with Crippen LogP contribution in [-0.2, 0) is 13.0 Å². The summed E-state index contributed by atoms with van der Waals surface area (Å²) in [5.41, 5.74) is 6.12. The molecule has 0 spiro atoms. The topological polar surface area (TPSA) is 91.0 Å². The van der Waals surface area contributed by atoms with Crippen molar-refractivity contribution < 1.29 is 4.79 Å². The molecule has 31 heavy (non-hydrogen) atoms. The van der Waals surface area contributed by atoms with Gasteiger partial charge in [0.15, 0.2) is 0 Å². The molecule has 1 atom stereocenters. The van der Waals surface area contributed by atoms with E-state index < -0.39 is 0 Å². The van der Waals surface area contributed by atoms with E-state index in [2.05, 4.69) is 38.2 Å². The van der Waals surface area contributed by atoms with E-state index in [9.17, 15) is 9.59 Å². The molecule has 0 radical (unpaired) electrons. The maximum Gasteiger partial charge on any atom is 0.269 e. The molecule has 0 bridgehead atoms. The van der Waals surface area contributed by atoms with Gasteiger partial charge in [0.2, 0.25) is 0 Å². The monoisotopic (exact) mass is 417 g/mol. The Kier molecular flexibility index (Phi) is 5.95. The number of H-pyrrole nitrogens is 1. The molecule has 1 aliphatic rings. The molecule has 0 aliphatic carbocycles. The second kappa shape index (κ2) is 8.81. The standard InChI is InChI=1S/C24H27N5O2/c1-4-17-10-21-22(28-23(17)30)9-16(11-26-21)14-29-8-7-19(15(2)13-29)18-5-6-20(27-12-18)24(31)25-3/h5-7,9-12,15H,4,8,13-14H2,1-3H3,(H,25,31)(H,28,30)/t15-/m0/s1. The van der Waals surface area contributed by atoms with Gasteiger partial charge in [-0.2, -0.15) is 0 Å². The first-order valence-electron chi connectivity index (χ1n) is 10.6. The molecule has 0 saturated carbocycles. The first-order valence-corrected chi connectivity index (χ1v) is 10.6. The second-order valence-electron chi connectivity index (χ2n) is 8.02. The van der Waals surface area contributed by atoms with E-state index in [0.29, 0.717) is 18.0 Å². The van der Waals surface area contributed by atoms with Crippen LogP contribution in [0.5, 0.6) is 0 Å². The van der Waals surface area contributed by atoms with Crippen molar-refractivity contribution in [1.29, 1.82) is 0 Å². The number of amides is 1. The highest BCUT2D eigenvalue weighted by Crippen LogP contribution is 2.28. The fourth-order valence-corrected chi connectivity index (χ4v) is 4.12. The number of carbonyl (C=O) groups is 1. The number of aryl methyl sites for hydroxylation is 1. The van der Waals surface area contributed by atoms with E-state index in [0.717, 1.165) is 47.4 Å². The Morgan fingerprint density at radius 1 is 1.26 bits per heavy atom. The first kappa shape index (κ1) is 20.9. The van der Waals surface area contributed by atoms with E-state index in [4.69, 9.17) is 0 Å². The van der Waals surface area contributed by atoms with E-state index >= 15 is 0 Å². The lowest BCUT2D eigenvalue weighted by molar-refractivity contribution is 0.0958. The van der Waals surface area contributed by atoms with Crippen molar-refractivity contribution in [2.24, 2.45) is 5.92 Å². The SMILES string of the molecule is CCc1cc2ncc(CN3CC=C(c4ccc(C(=O)NC)nc4)[C@@H](C)C3)cc2[nH]c1=O. The summed E-state index contributed by atoms with van der Waals surface area (Å²) in [6.45, 7) is 6.67. The number of hydrogen-bond donors (Lipinski definition) is 2. The Labute approximate surface area is 181 Å². The van der Waals surface area contributed by atoms with E-state index in [-0.39, 0.29) is 11.5 Å². The summed E-state index contributed by atoms with van der Waals surface area (Å²) in [6, 6.07) is 7.62. The lowest BCUT2D eigenvalue weighted by Gasteiger charge is -2.31. The smallest absolute Gasteiger partial charge is 0.269 e. The Morgan fingerprint density at radius 2 is 2.10 bits per heavy atom. The third kappa shape index (κ3) is 4.41. The van der Waals surface area contributed by atoms with Crippen LogP contribution in [0.1, 0.15) is 41.0 Å². The molecule has 1 aliphatic heterocycles. The number of hydrogen-bond acceptors (Lipinski definition) is 5. The van der Waals surface area contributed by atoms with Crippen LogP contribution in [0.3, 0.4) is 0 Å². The molecule has 0 fully saturated rings. The summed E-state index contributed by atoms with van der Waals surface area (Å²) >= 11 is 0. The van der Waals surface area contributed by atoms with Crippen molar-refractivity contribution in [2.75, 3.05) is 20.1 Å². The summed E-state index contributed by atoms with van der Waals surface area (Å²) < 4.78 is 0. The van der Waals surface area contributed by atoms with Crippen molar-refractivity contribution in [2.45, 2.75) is 26.8 Å². The molecule has 4 heterocycles. The van der Waals surface area contributed by atoms with E-state index in [1.54, 1.807) is 19.3 Å². The van der Waals surface area contributed by atoms with Crippen LogP contribution in [0.25, 0.3) is 16.6 Å². The minimum Gasteiger partial charge on any atom is -0.354 e. The van der Waals surface area contributed by atoms with Crippen LogP contribution in [0.15, 0.2) is 47.5 Å². The minimum atomic E-state index is -0.181. The van der Waals surface area contributed by atoms with Crippen molar-refractivity contribution in [3.05, 3.63) is 75.5 Å². The average Bonchev–Trinajstić information content (AvgIpc) is 2.78. The van der Waals surface area contributed by atoms with Crippen LogP contribution >= 0.6 is 0 Å². The Morgan fingerprint density at radius 3 is 2.77 bits per heavy atom. The molecule has 0 saturated heterocycles. The quantitative estimate of drug-likeness (QED) is 0.666. The van der Waals surface area contributed by atoms with Gasteiger partial charge in [-0.1, -0.05) is 26.0 Å². The fraction of sp³-hybridized carbons (Fsp3) is 0.333. The van der Waals surface area contributed by atoms with Crippen molar-refractivity contribution in [1.82, 2.24) is 25.2 Å². The normalized spacial score (nSPS) is 16.9. The zero-order valence-corrected chi connectivity index (χ0v) is 18.1. The third-order valence-corrected chi connectivity index (χ3v) is 5.80. The number of nitrogens with zero attached hydrogens (tertiary/aromatic N) is 3. The van der Waals surface area contributed by atoms with Crippen LogP contribution in [0.2, 0.25) is 0 Å². The predicted octanol–water partition coefficient (Wildman–Crippen LogP) is 2.78. The Bertz CT molecular complexity index is 1200. The van der Waals surface area contributed by atoms with Crippen LogP contribution < -0.4 is 10.9 Å². The average molecular weight is 418 g/mol. The summed E-state index contributed by atoms with van der Waals surface area (Å²) in [5, 5.41) is 2.59. The molecule has 0 unspecified atom stereocenters. The Balaban J connectivity index is 1.48. The predicted molar refractivity (Wildman–Crippen MR) is 122 cm³/mol. The van der Waals surface area contributed by atoms with Gasteiger partial charge in [-0.3, -0.25) is 24.5 Å². The van der Waals surface area contributed by atoms with E-state index in [1.807, 2.05) is 31.3 Å². The zero-order valence-electron chi connectivity index (χ0n) is 18.1. The summed E-state index contributed by atoms with van der Waals surface area (Å²) in [5.74, 6) is 0.154. The third-order valence-electron chi connectivity index (χ3n) is 5.80. The van der Waals surface area contributed by atoms with Crippen LogP contribution in [0, 0.1) is 5.92 Å². The summed E-state index contributed by atoms with van der Waals surface area (Å²) in [7, 11) is 1.60. The molecular formula is C24H27N5O2. The number of fused-ring (bicyclic) bond motifs is 1. The van der Waals surface area contributed by atoms with Crippen LogP contribution in [-0.4, -0.2) is 45.9 Å². The molecule has 7 heteroatoms. The van der Waals surface area contributed by atoms with Crippen LogP contribution in [0.4, 0.5) is 0 Å². The van der Waals surface area contributed by atoms with Crippen molar-refractivity contribution in [3.63, 3.8) is 0 Å². The summed E-state index contributed by atoms with van der Waals surface area (Å²) in [4.78, 5) is 38.0.